The van der Waals surface area contributed by atoms with E-state index in [1.165, 1.54) is 5.56 Å². The molecule has 0 saturated carbocycles. The highest BCUT2D eigenvalue weighted by molar-refractivity contribution is 5.83. The smallest absolute Gasteiger partial charge is 0.254 e. The van der Waals surface area contributed by atoms with E-state index in [0.29, 0.717) is 13.0 Å². The third-order valence-electron chi connectivity index (χ3n) is 3.80. The number of nitrogens with one attached hydrogen (secondary N) is 1. The summed E-state index contributed by atoms with van der Waals surface area (Å²) in [7, 11) is 0. The SMILES string of the molecule is CC(C)C(CCO)NC(=O)C1OCCc2ccccc21. The summed E-state index contributed by atoms with van der Waals surface area (Å²) in [5.41, 5.74) is 2.14. The van der Waals surface area contributed by atoms with Crippen LogP contribution >= 0.6 is 0 Å². The van der Waals surface area contributed by atoms with Crippen molar-refractivity contribution in [3.8, 4) is 0 Å². The fourth-order valence-corrected chi connectivity index (χ4v) is 2.58. The third-order valence-corrected chi connectivity index (χ3v) is 3.80. The standard InChI is InChI=1S/C16H23NO3/c1-11(2)14(7-9-18)17-16(19)15-13-6-4-3-5-12(13)8-10-20-15/h3-6,11,14-15,18H,7-10H2,1-2H3,(H,17,19). The first-order chi connectivity index (χ1) is 9.63. The van der Waals surface area contributed by atoms with Gasteiger partial charge in [-0.2, -0.15) is 0 Å². The molecule has 1 aromatic rings. The maximum atomic E-state index is 12.4. The number of hydrogen-bond donors (Lipinski definition) is 2. The predicted octanol–water partition coefficient (Wildman–Crippen LogP) is 1.82. The van der Waals surface area contributed by atoms with Gasteiger partial charge in [-0.25, -0.2) is 0 Å². The van der Waals surface area contributed by atoms with Gasteiger partial charge in [-0.05, 0) is 29.9 Å². The van der Waals surface area contributed by atoms with Crippen molar-refractivity contribution in [3.63, 3.8) is 0 Å². The molecule has 2 unspecified atom stereocenters. The van der Waals surface area contributed by atoms with Crippen LogP contribution in [0.15, 0.2) is 24.3 Å². The van der Waals surface area contributed by atoms with E-state index in [1.54, 1.807) is 0 Å². The zero-order chi connectivity index (χ0) is 14.5. The van der Waals surface area contributed by atoms with E-state index in [1.807, 2.05) is 38.1 Å². The van der Waals surface area contributed by atoms with Gasteiger partial charge in [0.15, 0.2) is 6.10 Å². The Kier molecular flexibility index (Phi) is 5.15. The Morgan fingerprint density at radius 3 is 2.90 bits per heavy atom. The molecule has 2 rings (SSSR count). The van der Waals surface area contributed by atoms with E-state index in [-0.39, 0.29) is 24.5 Å². The molecule has 0 spiro atoms. The minimum absolute atomic E-state index is 0.0230. The van der Waals surface area contributed by atoms with Crippen molar-refractivity contribution in [2.45, 2.75) is 38.8 Å². The molecule has 2 atom stereocenters. The van der Waals surface area contributed by atoms with E-state index >= 15 is 0 Å². The number of hydrogen-bond acceptors (Lipinski definition) is 3. The molecule has 4 heteroatoms. The van der Waals surface area contributed by atoms with Crippen molar-refractivity contribution in [1.29, 1.82) is 0 Å². The van der Waals surface area contributed by atoms with Gasteiger partial charge in [0.2, 0.25) is 0 Å². The van der Waals surface area contributed by atoms with Crippen LogP contribution < -0.4 is 5.32 Å². The number of aliphatic hydroxyl groups excluding tert-OH is 1. The van der Waals surface area contributed by atoms with Gasteiger partial charge in [-0.3, -0.25) is 4.79 Å². The molecule has 110 valence electrons. The Balaban J connectivity index is 2.10. The topological polar surface area (TPSA) is 58.6 Å². The Bertz CT molecular complexity index is 459. The maximum Gasteiger partial charge on any atom is 0.254 e. The lowest BCUT2D eigenvalue weighted by molar-refractivity contribution is -0.135. The Morgan fingerprint density at radius 2 is 2.20 bits per heavy atom. The molecule has 0 aliphatic carbocycles. The van der Waals surface area contributed by atoms with Gasteiger partial charge >= 0.3 is 0 Å². The lowest BCUT2D eigenvalue weighted by atomic mass is 9.96. The molecule has 2 N–H and O–H groups in total. The van der Waals surface area contributed by atoms with E-state index < -0.39 is 6.10 Å². The predicted molar refractivity (Wildman–Crippen MR) is 77.3 cm³/mol. The van der Waals surface area contributed by atoms with E-state index in [9.17, 15) is 4.79 Å². The number of benzene rings is 1. The van der Waals surface area contributed by atoms with Gasteiger partial charge in [-0.15, -0.1) is 0 Å². The molecule has 1 aliphatic heterocycles. The van der Waals surface area contributed by atoms with Crippen LogP contribution in [0.4, 0.5) is 0 Å². The quantitative estimate of drug-likeness (QED) is 0.863. The van der Waals surface area contributed by atoms with Gasteiger partial charge in [-0.1, -0.05) is 38.1 Å². The molecule has 20 heavy (non-hydrogen) atoms. The van der Waals surface area contributed by atoms with Crippen LogP contribution in [0.3, 0.4) is 0 Å². The molecule has 0 fully saturated rings. The first kappa shape index (κ1) is 15.0. The second kappa shape index (κ2) is 6.86. The van der Waals surface area contributed by atoms with Crippen LogP contribution in [0.2, 0.25) is 0 Å². The van der Waals surface area contributed by atoms with Gasteiger partial charge in [0.05, 0.1) is 6.61 Å². The minimum atomic E-state index is -0.528. The number of rotatable bonds is 5. The number of carbonyl (C=O) groups excluding carboxylic acids is 1. The highest BCUT2D eigenvalue weighted by Gasteiger charge is 2.29. The number of amides is 1. The molecule has 1 amide bonds. The highest BCUT2D eigenvalue weighted by atomic mass is 16.5. The third kappa shape index (κ3) is 3.38. The Morgan fingerprint density at radius 1 is 1.45 bits per heavy atom. The van der Waals surface area contributed by atoms with Crippen LogP contribution in [-0.4, -0.2) is 30.3 Å². The van der Waals surface area contributed by atoms with E-state index in [0.717, 1.165) is 12.0 Å². The molecule has 0 aromatic heterocycles. The van der Waals surface area contributed by atoms with Crippen molar-refractivity contribution in [2.75, 3.05) is 13.2 Å². The van der Waals surface area contributed by atoms with Crippen LogP contribution in [0.5, 0.6) is 0 Å². The molecule has 0 radical (unpaired) electrons. The second-order valence-electron chi connectivity index (χ2n) is 5.57. The minimum Gasteiger partial charge on any atom is -0.396 e. The van der Waals surface area contributed by atoms with Crippen LogP contribution in [0.25, 0.3) is 0 Å². The van der Waals surface area contributed by atoms with Crippen molar-refractivity contribution < 1.29 is 14.6 Å². The van der Waals surface area contributed by atoms with Gasteiger partial charge < -0.3 is 15.2 Å². The number of fused-ring (bicyclic) bond motifs is 1. The molecule has 1 heterocycles. The summed E-state index contributed by atoms with van der Waals surface area (Å²) < 4.78 is 5.65. The van der Waals surface area contributed by atoms with Crippen LogP contribution in [-0.2, 0) is 16.0 Å². The molecular weight excluding hydrogens is 254 g/mol. The highest BCUT2D eigenvalue weighted by Crippen LogP contribution is 2.27. The normalized spacial score (nSPS) is 19.5. The van der Waals surface area contributed by atoms with Gasteiger partial charge in [0.1, 0.15) is 0 Å². The zero-order valence-electron chi connectivity index (χ0n) is 12.1. The molecule has 1 aliphatic rings. The second-order valence-corrected chi connectivity index (χ2v) is 5.57. The van der Waals surface area contributed by atoms with Crippen molar-refractivity contribution in [2.24, 2.45) is 5.92 Å². The van der Waals surface area contributed by atoms with Crippen molar-refractivity contribution in [3.05, 3.63) is 35.4 Å². The summed E-state index contributed by atoms with van der Waals surface area (Å²) >= 11 is 0. The molecule has 4 nitrogen and oxygen atoms in total. The molecule has 1 aromatic carbocycles. The van der Waals surface area contributed by atoms with Gasteiger partial charge in [0, 0.05) is 12.6 Å². The van der Waals surface area contributed by atoms with E-state index in [4.69, 9.17) is 9.84 Å². The average Bonchev–Trinajstić information content (AvgIpc) is 2.46. The summed E-state index contributed by atoms with van der Waals surface area (Å²) in [6.07, 6.45) is 0.891. The number of ether oxygens (including phenoxy) is 1. The first-order valence-corrected chi connectivity index (χ1v) is 7.24. The Labute approximate surface area is 120 Å². The van der Waals surface area contributed by atoms with Crippen molar-refractivity contribution >= 4 is 5.91 Å². The van der Waals surface area contributed by atoms with Crippen molar-refractivity contribution in [1.82, 2.24) is 5.32 Å². The zero-order valence-corrected chi connectivity index (χ0v) is 12.1. The summed E-state index contributed by atoms with van der Waals surface area (Å²) in [6.45, 7) is 4.72. The van der Waals surface area contributed by atoms with Crippen LogP contribution in [0, 0.1) is 5.92 Å². The van der Waals surface area contributed by atoms with Crippen LogP contribution in [0.1, 0.15) is 37.5 Å². The summed E-state index contributed by atoms with van der Waals surface area (Å²) in [5.74, 6) is 0.175. The largest absolute Gasteiger partial charge is 0.396 e. The van der Waals surface area contributed by atoms with Gasteiger partial charge in [0.25, 0.3) is 5.91 Å². The Hall–Kier alpha value is -1.39. The first-order valence-electron chi connectivity index (χ1n) is 7.24. The molecular formula is C16H23NO3. The molecule has 0 bridgehead atoms. The van der Waals surface area contributed by atoms with E-state index in [2.05, 4.69) is 5.32 Å². The fraction of sp³-hybridized carbons (Fsp3) is 0.562. The maximum absolute atomic E-state index is 12.4. The summed E-state index contributed by atoms with van der Waals surface area (Å²) in [4.78, 5) is 12.4. The summed E-state index contributed by atoms with van der Waals surface area (Å²) in [5, 5.41) is 12.1. The fourth-order valence-electron chi connectivity index (χ4n) is 2.58. The summed E-state index contributed by atoms with van der Waals surface area (Å²) in [6, 6.07) is 7.90. The number of aliphatic hydroxyl groups is 1. The lowest BCUT2D eigenvalue weighted by Crippen LogP contribution is -2.43. The monoisotopic (exact) mass is 277 g/mol. The number of carbonyl (C=O) groups is 1. The lowest BCUT2D eigenvalue weighted by Gasteiger charge is -2.28. The molecule has 0 saturated heterocycles. The average molecular weight is 277 g/mol.